The number of benzene rings is 1. The Kier molecular flexibility index (Phi) is 11.8. The number of carbonyl (C=O) groups excluding carboxylic acids is 5. The molecule has 2 aromatic rings. The lowest BCUT2D eigenvalue weighted by molar-refractivity contribution is -0.144. The number of nitrogens with one attached hydrogen (secondary N) is 4. The van der Waals surface area contributed by atoms with Crippen molar-refractivity contribution < 1.29 is 33.4 Å². The molecule has 1 aromatic carbocycles. The third-order valence-electron chi connectivity index (χ3n) is 8.36. The Morgan fingerprint density at radius 3 is 2.33 bits per heavy atom. The Labute approximate surface area is 288 Å². The summed E-state index contributed by atoms with van der Waals surface area (Å²) in [7, 11) is 0. The summed E-state index contributed by atoms with van der Waals surface area (Å²) < 4.78 is 12.0. The first-order valence-corrected chi connectivity index (χ1v) is 17.2. The molecule has 4 N–H and O–H groups in total. The normalized spacial score (nSPS) is 19.1. The fourth-order valence-electron chi connectivity index (χ4n) is 5.80. The van der Waals surface area contributed by atoms with E-state index in [0.29, 0.717) is 24.7 Å². The fourth-order valence-corrected chi connectivity index (χ4v) is 5.80. The highest BCUT2D eigenvalue weighted by Gasteiger charge is 2.47. The van der Waals surface area contributed by atoms with Crippen molar-refractivity contribution in [1.29, 1.82) is 0 Å². The molecule has 1 aliphatic heterocycles. The summed E-state index contributed by atoms with van der Waals surface area (Å²) in [5, 5.41) is 12.7. The number of ether oxygens (including phenoxy) is 2. The lowest BCUT2D eigenvalue weighted by Gasteiger charge is -2.36. The summed E-state index contributed by atoms with van der Waals surface area (Å²) in [5.74, 6) is -1.45. The van der Waals surface area contributed by atoms with Crippen LogP contribution < -0.4 is 30.7 Å². The van der Waals surface area contributed by atoms with Crippen LogP contribution in [0.5, 0.6) is 11.6 Å². The van der Waals surface area contributed by atoms with Crippen molar-refractivity contribution in [3.05, 3.63) is 30.5 Å². The number of hydrogen-bond donors (Lipinski definition) is 4. The summed E-state index contributed by atoms with van der Waals surface area (Å²) in [5.41, 5.74) is -1.28. The number of ketones is 1. The van der Waals surface area contributed by atoms with Gasteiger partial charge in [-0.25, -0.2) is 9.78 Å². The lowest BCUT2D eigenvalue weighted by Crippen LogP contribution is -2.61. The van der Waals surface area contributed by atoms with Crippen molar-refractivity contribution in [2.24, 2.45) is 5.41 Å². The molecular formula is C36H52N6O7. The Balaban J connectivity index is 1.63. The van der Waals surface area contributed by atoms with Crippen molar-refractivity contribution in [2.45, 2.75) is 123 Å². The first-order valence-electron chi connectivity index (χ1n) is 17.2. The van der Waals surface area contributed by atoms with E-state index >= 15 is 0 Å². The predicted octanol–water partition coefficient (Wildman–Crippen LogP) is 3.63. The van der Waals surface area contributed by atoms with E-state index in [9.17, 15) is 24.0 Å². The molecule has 1 saturated carbocycles. The van der Waals surface area contributed by atoms with Crippen LogP contribution in [0, 0.1) is 5.41 Å². The Hall–Kier alpha value is -4.42. The van der Waals surface area contributed by atoms with Crippen LogP contribution in [-0.2, 0) is 19.2 Å². The minimum atomic E-state index is -1.05. The Morgan fingerprint density at radius 2 is 1.71 bits per heavy atom. The molecule has 49 heavy (non-hydrogen) atoms. The topological polar surface area (TPSA) is 168 Å². The largest absolute Gasteiger partial charge is 0.494 e. The third-order valence-corrected chi connectivity index (χ3v) is 8.36. The van der Waals surface area contributed by atoms with Crippen molar-refractivity contribution in [1.82, 2.24) is 31.2 Å². The van der Waals surface area contributed by atoms with Crippen LogP contribution in [0.2, 0.25) is 0 Å². The highest BCUT2D eigenvalue weighted by Crippen LogP contribution is 2.32. The van der Waals surface area contributed by atoms with Crippen molar-refractivity contribution in [2.75, 3.05) is 13.2 Å². The number of nitrogens with zero attached hydrogens (tertiary/aromatic N) is 2. The van der Waals surface area contributed by atoms with Crippen LogP contribution >= 0.6 is 0 Å². The molecule has 13 heteroatoms. The van der Waals surface area contributed by atoms with Crippen LogP contribution in [0.3, 0.4) is 0 Å². The number of fused-ring (bicyclic) bond motifs is 1. The van der Waals surface area contributed by atoms with E-state index in [0.717, 1.165) is 23.6 Å². The number of carbonyl (C=O) groups is 5. The summed E-state index contributed by atoms with van der Waals surface area (Å²) in [4.78, 5) is 73.0. The zero-order valence-electron chi connectivity index (χ0n) is 30.0. The molecule has 0 unspecified atom stereocenters. The summed E-state index contributed by atoms with van der Waals surface area (Å²) in [6, 6.07) is 3.78. The molecule has 2 heterocycles. The van der Waals surface area contributed by atoms with E-state index in [1.54, 1.807) is 6.20 Å². The van der Waals surface area contributed by atoms with Gasteiger partial charge in [-0.05, 0) is 82.0 Å². The van der Waals surface area contributed by atoms with Gasteiger partial charge >= 0.3 is 6.03 Å². The molecule has 4 rings (SSSR count). The van der Waals surface area contributed by atoms with Gasteiger partial charge in [-0.3, -0.25) is 19.2 Å². The van der Waals surface area contributed by atoms with Gasteiger partial charge in [-0.1, -0.05) is 34.1 Å². The zero-order valence-corrected chi connectivity index (χ0v) is 30.0. The lowest BCUT2D eigenvalue weighted by atomic mass is 9.85. The standard InChI is InChI=1S/C36H52N6O7/c1-9-11-26(28(43)31(45)38-22-12-13-22)39-30(44)27-19-24(49-32-25-15-14-23(48-10-2)18-21(25)16-17-37-32)20-42(27)33(46)29(35(3,4)5)40-34(47)41-36(6,7)8/h14-18,22,24,26-27,29H,9-13,19-20H2,1-8H3,(H,38,45)(H,39,44)(H2,40,41,47)/t24-,26+,27+,29-/m1/s1. The first-order chi connectivity index (χ1) is 23.0. The number of amides is 5. The maximum atomic E-state index is 14.4. The van der Waals surface area contributed by atoms with E-state index in [1.807, 2.05) is 79.7 Å². The smallest absolute Gasteiger partial charge is 0.315 e. The second kappa shape index (κ2) is 15.4. The highest BCUT2D eigenvalue weighted by atomic mass is 16.5. The van der Waals surface area contributed by atoms with E-state index in [1.165, 1.54) is 4.90 Å². The average Bonchev–Trinajstić information content (AvgIpc) is 3.73. The third kappa shape index (κ3) is 10.1. The van der Waals surface area contributed by atoms with Gasteiger partial charge in [0.05, 0.1) is 19.2 Å². The number of likely N-dealkylation sites (tertiary alicyclic amines) is 1. The maximum absolute atomic E-state index is 14.4. The molecule has 2 aliphatic rings. The van der Waals surface area contributed by atoms with Gasteiger partial charge in [-0.15, -0.1) is 0 Å². The second-order valence-electron chi connectivity index (χ2n) is 15.0. The molecule has 4 atom stereocenters. The number of rotatable bonds is 13. The summed E-state index contributed by atoms with van der Waals surface area (Å²) >= 11 is 0. The fraction of sp³-hybridized carbons (Fsp3) is 0.611. The Morgan fingerprint density at radius 1 is 1.00 bits per heavy atom. The summed E-state index contributed by atoms with van der Waals surface area (Å²) in [6.45, 7) is 15.3. The van der Waals surface area contributed by atoms with Crippen molar-refractivity contribution in [3.8, 4) is 11.6 Å². The van der Waals surface area contributed by atoms with E-state index < -0.39 is 64.7 Å². The summed E-state index contributed by atoms with van der Waals surface area (Å²) in [6.07, 6.45) is 3.51. The van der Waals surface area contributed by atoms with Gasteiger partial charge in [0.1, 0.15) is 23.9 Å². The molecule has 5 amide bonds. The number of Topliss-reactive ketones (excluding diaryl/α,β-unsaturated/α-hetero) is 1. The minimum absolute atomic E-state index is 0.0129. The van der Waals surface area contributed by atoms with Crippen LogP contribution in [0.25, 0.3) is 10.8 Å². The zero-order chi connectivity index (χ0) is 36.1. The van der Waals surface area contributed by atoms with Crippen molar-refractivity contribution in [3.63, 3.8) is 0 Å². The second-order valence-corrected chi connectivity index (χ2v) is 15.0. The van der Waals surface area contributed by atoms with Crippen LogP contribution in [0.4, 0.5) is 4.79 Å². The molecule has 268 valence electrons. The number of pyridine rings is 1. The predicted molar refractivity (Wildman–Crippen MR) is 185 cm³/mol. The van der Waals surface area contributed by atoms with Gasteiger partial charge in [0.2, 0.25) is 23.5 Å². The van der Waals surface area contributed by atoms with Gasteiger partial charge < -0.3 is 35.6 Å². The molecule has 2 fully saturated rings. The van der Waals surface area contributed by atoms with E-state index in [-0.39, 0.29) is 25.4 Å². The molecule has 0 bridgehead atoms. The number of urea groups is 1. The van der Waals surface area contributed by atoms with Crippen molar-refractivity contribution >= 4 is 40.3 Å². The monoisotopic (exact) mass is 680 g/mol. The van der Waals surface area contributed by atoms with Gasteiger partial charge in [0.25, 0.3) is 5.91 Å². The average molecular weight is 681 g/mol. The minimum Gasteiger partial charge on any atom is -0.494 e. The molecule has 1 saturated heterocycles. The molecule has 0 spiro atoms. The molecule has 13 nitrogen and oxygen atoms in total. The van der Waals surface area contributed by atoms with Crippen LogP contribution in [-0.4, -0.2) is 88.4 Å². The highest BCUT2D eigenvalue weighted by molar-refractivity contribution is 6.38. The molecular weight excluding hydrogens is 628 g/mol. The number of hydrogen-bond acceptors (Lipinski definition) is 8. The van der Waals surface area contributed by atoms with E-state index in [2.05, 4.69) is 26.3 Å². The van der Waals surface area contributed by atoms with Crippen LogP contribution in [0.15, 0.2) is 30.5 Å². The van der Waals surface area contributed by atoms with Gasteiger partial charge in [0.15, 0.2) is 0 Å². The number of aromatic nitrogens is 1. The van der Waals surface area contributed by atoms with E-state index in [4.69, 9.17) is 9.47 Å². The molecule has 1 aromatic heterocycles. The Bertz CT molecular complexity index is 1540. The van der Waals surface area contributed by atoms with Crippen LogP contribution in [0.1, 0.15) is 87.5 Å². The van der Waals surface area contributed by atoms with Gasteiger partial charge in [-0.2, -0.15) is 0 Å². The quantitative estimate of drug-likeness (QED) is 0.233. The van der Waals surface area contributed by atoms with Gasteiger partial charge in [0, 0.05) is 29.6 Å². The molecule has 0 radical (unpaired) electrons. The molecule has 1 aliphatic carbocycles. The maximum Gasteiger partial charge on any atom is 0.315 e. The SMILES string of the molecule is CCC[C@H](NC(=O)[C@@H]1C[C@@H](Oc2nccc3cc(OCC)ccc23)CN1C(=O)[C@@H](NC(=O)NC(C)(C)C)C(C)(C)C)C(=O)C(=O)NC1CC1. The first kappa shape index (κ1) is 37.4.